The third-order valence-electron chi connectivity index (χ3n) is 3.14. The van der Waals surface area contributed by atoms with E-state index >= 15 is 0 Å². The highest BCUT2D eigenvalue weighted by molar-refractivity contribution is 6.44. The van der Waals surface area contributed by atoms with Gasteiger partial charge in [0.2, 0.25) is 0 Å². The molecular weight excluding hydrogens is 343 g/mol. The lowest BCUT2D eigenvalue weighted by Gasteiger charge is -2.10. The maximum Gasteiger partial charge on any atom is 0.257 e. The Labute approximate surface area is 141 Å². The number of nitrogens with zero attached hydrogens (tertiary/aromatic N) is 1. The molecule has 0 aliphatic carbocycles. The first-order valence-corrected chi connectivity index (χ1v) is 7.49. The van der Waals surface area contributed by atoms with Gasteiger partial charge in [0.05, 0.1) is 31.8 Å². The summed E-state index contributed by atoms with van der Waals surface area (Å²) in [6.07, 6.45) is 1.64. The second-order valence-corrected chi connectivity index (χ2v) is 5.80. The number of rotatable bonds is 2. The van der Waals surface area contributed by atoms with Gasteiger partial charge in [-0.1, -0.05) is 53.0 Å². The minimum Gasteiger partial charge on any atom is -0.321 e. The molecule has 3 aromatic rings. The van der Waals surface area contributed by atoms with Crippen LogP contribution in [0.1, 0.15) is 10.4 Å². The number of hydrogen-bond donors (Lipinski definition) is 1. The lowest BCUT2D eigenvalue weighted by atomic mass is 10.1. The molecular formula is C16H9Cl3N2O. The van der Waals surface area contributed by atoms with Crippen LogP contribution in [0, 0.1) is 0 Å². The monoisotopic (exact) mass is 350 g/mol. The van der Waals surface area contributed by atoms with E-state index in [-0.39, 0.29) is 5.91 Å². The van der Waals surface area contributed by atoms with Crippen molar-refractivity contribution in [1.82, 2.24) is 4.98 Å². The summed E-state index contributed by atoms with van der Waals surface area (Å²) in [6.45, 7) is 0. The van der Waals surface area contributed by atoms with E-state index in [1.807, 2.05) is 18.2 Å². The average Bonchev–Trinajstić information content (AvgIpc) is 2.52. The fraction of sp³-hybridized carbons (Fsp3) is 0. The molecule has 0 fully saturated rings. The van der Waals surface area contributed by atoms with E-state index in [1.165, 1.54) is 12.1 Å². The highest BCUT2D eigenvalue weighted by atomic mass is 35.5. The number of para-hydroxylation sites is 1. The molecule has 1 N–H and O–H groups in total. The molecule has 0 saturated carbocycles. The van der Waals surface area contributed by atoms with Crippen LogP contribution in [-0.2, 0) is 0 Å². The summed E-state index contributed by atoms with van der Waals surface area (Å²) in [6, 6.07) is 12.1. The summed E-state index contributed by atoms with van der Waals surface area (Å²) >= 11 is 17.9. The molecule has 0 aliphatic heterocycles. The topological polar surface area (TPSA) is 42.0 Å². The Bertz CT molecular complexity index is 875. The van der Waals surface area contributed by atoms with Gasteiger partial charge in [-0.15, -0.1) is 0 Å². The van der Waals surface area contributed by atoms with Crippen molar-refractivity contribution in [3.63, 3.8) is 0 Å². The highest BCUT2D eigenvalue weighted by Gasteiger charge is 2.14. The number of nitrogens with one attached hydrogen (secondary N) is 1. The van der Waals surface area contributed by atoms with Crippen molar-refractivity contribution >= 4 is 57.3 Å². The van der Waals surface area contributed by atoms with E-state index in [9.17, 15) is 4.79 Å². The number of amides is 1. The predicted molar refractivity (Wildman–Crippen MR) is 91.2 cm³/mol. The molecule has 6 heteroatoms. The van der Waals surface area contributed by atoms with Crippen LogP contribution in [0.2, 0.25) is 15.1 Å². The van der Waals surface area contributed by atoms with Gasteiger partial charge in [0, 0.05) is 11.6 Å². The quantitative estimate of drug-likeness (QED) is 0.624. The Balaban J connectivity index is 1.99. The zero-order valence-corrected chi connectivity index (χ0v) is 13.4. The van der Waals surface area contributed by atoms with Crippen LogP contribution in [0.3, 0.4) is 0 Å². The average molecular weight is 352 g/mol. The van der Waals surface area contributed by atoms with Crippen LogP contribution in [0.5, 0.6) is 0 Å². The molecule has 0 spiro atoms. The molecule has 0 saturated heterocycles. The second kappa shape index (κ2) is 6.13. The van der Waals surface area contributed by atoms with Crippen LogP contribution in [0.15, 0.2) is 48.7 Å². The summed E-state index contributed by atoms with van der Waals surface area (Å²) in [4.78, 5) is 16.7. The zero-order valence-electron chi connectivity index (χ0n) is 11.1. The van der Waals surface area contributed by atoms with Crippen molar-refractivity contribution in [3.05, 3.63) is 69.3 Å². The van der Waals surface area contributed by atoms with E-state index in [2.05, 4.69) is 10.3 Å². The molecule has 1 heterocycles. The van der Waals surface area contributed by atoms with Crippen molar-refractivity contribution in [3.8, 4) is 0 Å². The molecule has 0 bridgehead atoms. The van der Waals surface area contributed by atoms with Gasteiger partial charge < -0.3 is 5.32 Å². The number of aromatic nitrogens is 1. The SMILES string of the molecule is O=C(Nc1cc(Cl)c(Cl)cc1Cl)c1cccc2cccnc12. The van der Waals surface area contributed by atoms with Gasteiger partial charge >= 0.3 is 0 Å². The second-order valence-electron chi connectivity index (χ2n) is 4.58. The lowest BCUT2D eigenvalue weighted by Crippen LogP contribution is -2.13. The van der Waals surface area contributed by atoms with Crippen molar-refractivity contribution in [2.45, 2.75) is 0 Å². The number of fused-ring (bicyclic) bond motifs is 1. The van der Waals surface area contributed by atoms with Crippen molar-refractivity contribution in [2.24, 2.45) is 0 Å². The third-order valence-corrected chi connectivity index (χ3v) is 4.17. The minimum absolute atomic E-state index is 0.315. The smallest absolute Gasteiger partial charge is 0.257 e. The van der Waals surface area contributed by atoms with Gasteiger partial charge in [-0.05, 0) is 24.3 Å². The minimum atomic E-state index is -0.315. The molecule has 0 radical (unpaired) electrons. The Morgan fingerprint density at radius 2 is 1.68 bits per heavy atom. The predicted octanol–water partition coefficient (Wildman–Crippen LogP) is 5.45. The molecule has 1 aromatic heterocycles. The van der Waals surface area contributed by atoms with Crippen molar-refractivity contribution in [2.75, 3.05) is 5.32 Å². The summed E-state index contributed by atoms with van der Waals surface area (Å²) in [5.41, 5.74) is 1.48. The first-order chi connectivity index (χ1) is 10.6. The normalized spacial score (nSPS) is 10.7. The lowest BCUT2D eigenvalue weighted by molar-refractivity contribution is 0.102. The Hall–Kier alpha value is -1.81. The standard InChI is InChI=1S/C16H9Cl3N2O/c17-11-7-13(19)14(8-12(11)18)21-16(22)10-5-1-3-9-4-2-6-20-15(9)10/h1-8H,(H,21,22). The van der Waals surface area contributed by atoms with Crippen LogP contribution in [0.25, 0.3) is 10.9 Å². The number of anilines is 1. The molecule has 3 nitrogen and oxygen atoms in total. The molecule has 0 unspecified atom stereocenters. The maximum atomic E-state index is 12.5. The fourth-order valence-corrected chi connectivity index (χ4v) is 2.69. The van der Waals surface area contributed by atoms with Gasteiger partial charge in [0.1, 0.15) is 0 Å². The molecule has 0 aliphatic rings. The van der Waals surface area contributed by atoms with Gasteiger partial charge in [0.25, 0.3) is 5.91 Å². The van der Waals surface area contributed by atoms with Gasteiger partial charge in [-0.25, -0.2) is 0 Å². The van der Waals surface area contributed by atoms with E-state index < -0.39 is 0 Å². The first kappa shape index (κ1) is 15.1. The Morgan fingerprint density at radius 3 is 2.50 bits per heavy atom. The largest absolute Gasteiger partial charge is 0.321 e. The van der Waals surface area contributed by atoms with E-state index in [1.54, 1.807) is 18.3 Å². The van der Waals surface area contributed by atoms with Crippen molar-refractivity contribution < 1.29 is 4.79 Å². The molecule has 0 atom stereocenters. The fourth-order valence-electron chi connectivity index (χ4n) is 2.10. The van der Waals surface area contributed by atoms with Crippen LogP contribution >= 0.6 is 34.8 Å². The maximum absolute atomic E-state index is 12.5. The van der Waals surface area contributed by atoms with Crippen LogP contribution in [-0.4, -0.2) is 10.9 Å². The number of carbonyl (C=O) groups is 1. The molecule has 2 aromatic carbocycles. The summed E-state index contributed by atoms with van der Waals surface area (Å²) in [5.74, 6) is -0.315. The molecule has 110 valence electrons. The summed E-state index contributed by atoms with van der Waals surface area (Å²) in [5, 5.41) is 4.58. The zero-order chi connectivity index (χ0) is 15.7. The highest BCUT2D eigenvalue weighted by Crippen LogP contribution is 2.32. The molecule has 1 amide bonds. The Kier molecular flexibility index (Phi) is 4.21. The molecule has 3 rings (SSSR count). The number of hydrogen-bond acceptors (Lipinski definition) is 2. The van der Waals surface area contributed by atoms with Gasteiger partial charge in [-0.3, -0.25) is 9.78 Å². The van der Waals surface area contributed by atoms with Crippen molar-refractivity contribution in [1.29, 1.82) is 0 Å². The van der Waals surface area contributed by atoms with Gasteiger partial charge in [-0.2, -0.15) is 0 Å². The van der Waals surface area contributed by atoms with E-state index in [0.717, 1.165) is 5.39 Å². The van der Waals surface area contributed by atoms with E-state index in [0.29, 0.717) is 31.8 Å². The number of carbonyl (C=O) groups excluding carboxylic acids is 1. The summed E-state index contributed by atoms with van der Waals surface area (Å²) < 4.78 is 0. The number of pyridine rings is 1. The van der Waals surface area contributed by atoms with Crippen LogP contribution < -0.4 is 5.32 Å². The first-order valence-electron chi connectivity index (χ1n) is 6.36. The van der Waals surface area contributed by atoms with Crippen LogP contribution in [0.4, 0.5) is 5.69 Å². The third kappa shape index (κ3) is 2.88. The van der Waals surface area contributed by atoms with Gasteiger partial charge in [0.15, 0.2) is 0 Å². The molecule has 22 heavy (non-hydrogen) atoms. The number of benzene rings is 2. The summed E-state index contributed by atoms with van der Waals surface area (Å²) in [7, 11) is 0. The Morgan fingerprint density at radius 1 is 0.955 bits per heavy atom. The van der Waals surface area contributed by atoms with E-state index in [4.69, 9.17) is 34.8 Å². The number of halogens is 3.